The number of carbonyl (C=O) groups is 1. The van der Waals surface area contributed by atoms with Crippen LogP contribution in [0.3, 0.4) is 0 Å². The summed E-state index contributed by atoms with van der Waals surface area (Å²) in [6, 6.07) is 6.90. The lowest BCUT2D eigenvalue weighted by molar-refractivity contribution is 0.0728. The Hall–Kier alpha value is -3.29. The van der Waals surface area contributed by atoms with Gasteiger partial charge in [0.05, 0.1) is 27.0 Å². The van der Waals surface area contributed by atoms with Gasteiger partial charge in [-0.05, 0) is 37.6 Å². The molecule has 1 amide bonds. The first-order valence-electron chi connectivity index (χ1n) is 8.95. The van der Waals surface area contributed by atoms with Crippen LogP contribution in [0.25, 0.3) is 11.7 Å². The summed E-state index contributed by atoms with van der Waals surface area (Å²) < 4.78 is 21.7. The fraction of sp³-hybridized carbons (Fsp3) is 0.350. The minimum Gasteiger partial charge on any atom is -0.496 e. The Morgan fingerprint density at radius 3 is 2.46 bits per heavy atom. The van der Waals surface area contributed by atoms with Crippen LogP contribution < -0.4 is 9.47 Å². The minimum atomic E-state index is -0.170. The first-order chi connectivity index (χ1) is 13.6. The van der Waals surface area contributed by atoms with Gasteiger partial charge >= 0.3 is 0 Å². The van der Waals surface area contributed by atoms with Crippen molar-refractivity contribution in [3.05, 3.63) is 47.5 Å². The standard InChI is InChI=1S/C20H23N3O5/c1-5-8-23(12-18-21-22-19(28-18)15-7-6-9-27-15)20(24)14-10-16(25-3)13(2)17(11-14)26-4/h6-7,9-11H,5,8,12H2,1-4H3. The Balaban J connectivity index is 1.85. The highest BCUT2D eigenvalue weighted by molar-refractivity contribution is 5.95. The van der Waals surface area contributed by atoms with Gasteiger partial charge in [0.15, 0.2) is 5.76 Å². The van der Waals surface area contributed by atoms with E-state index in [-0.39, 0.29) is 18.3 Å². The second-order valence-corrected chi connectivity index (χ2v) is 6.21. The van der Waals surface area contributed by atoms with Crippen LogP contribution in [0.15, 0.2) is 39.4 Å². The van der Waals surface area contributed by atoms with E-state index in [1.165, 1.54) is 6.26 Å². The van der Waals surface area contributed by atoms with E-state index < -0.39 is 0 Å². The minimum absolute atomic E-state index is 0.170. The molecule has 2 heterocycles. The van der Waals surface area contributed by atoms with Crippen LogP contribution in [-0.4, -0.2) is 41.8 Å². The number of benzene rings is 1. The molecule has 0 saturated carbocycles. The fourth-order valence-corrected chi connectivity index (χ4v) is 2.90. The molecule has 0 radical (unpaired) electrons. The smallest absolute Gasteiger partial charge is 0.283 e. The molecule has 0 aliphatic heterocycles. The number of rotatable bonds is 8. The predicted molar refractivity (Wildman–Crippen MR) is 101 cm³/mol. The Labute approximate surface area is 163 Å². The van der Waals surface area contributed by atoms with E-state index in [9.17, 15) is 4.79 Å². The molecule has 0 unspecified atom stereocenters. The summed E-state index contributed by atoms with van der Waals surface area (Å²) in [5.41, 5.74) is 1.31. The van der Waals surface area contributed by atoms with Crippen molar-refractivity contribution in [3.8, 4) is 23.1 Å². The summed E-state index contributed by atoms with van der Waals surface area (Å²) in [5.74, 6) is 2.12. The zero-order chi connectivity index (χ0) is 20.1. The highest BCUT2D eigenvalue weighted by Gasteiger charge is 2.22. The zero-order valence-corrected chi connectivity index (χ0v) is 16.4. The lowest BCUT2D eigenvalue weighted by atomic mass is 10.1. The Kier molecular flexibility index (Phi) is 5.98. The molecule has 0 aliphatic rings. The van der Waals surface area contributed by atoms with Crippen LogP contribution in [-0.2, 0) is 6.54 Å². The summed E-state index contributed by atoms with van der Waals surface area (Å²) in [5, 5.41) is 8.01. The van der Waals surface area contributed by atoms with Gasteiger partial charge in [-0.25, -0.2) is 0 Å². The lowest BCUT2D eigenvalue weighted by Gasteiger charge is -2.21. The van der Waals surface area contributed by atoms with Gasteiger partial charge in [-0.15, -0.1) is 10.2 Å². The largest absolute Gasteiger partial charge is 0.496 e. The van der Waals surface area contributed by atoms with E-state index in [0.717, 1.165) is 12.0 Å². The first kappa shape index (κ1) is 19.5. The van der Waals surface area contributed by atoms with Crippen molar-refractivity contribution < 1.29 is 23.1 Å². The highest BCUT2D eigenvalue weighted by atomic mass is 16.5. The molecule has 8 nitrogen and oxygen atoms in total. The molecule has 0 bridgehead atoms. The van der Waals surface area contributed by atoms with E-state index >= 15 is 0 Å². The summed E-state index contributed by atoms with van der Waals surface area (Å²) in [7, 11) is 3.13. The molecule has 0 N–H and O–H groups in total. The lowest BCUT2D eigenvalue weighted by Crippen LogP contribution is -2.31. The molecule has 3 aromatic rings. The third-order valence-electron chi connectivity index (χ3n) is 4.30. The van der Waals surface area contributed by atoms with Crippen molar-refractivity contribution in [2.45, 2.75) is 26.8 Å². The number of hydrogen-bond donors (Lipinski definition) is 0. The monoisotopic (exact) mass is 385 g/mol. The highest BCUT2D eigenvalue weighted by Crippen LogP contribution is 2.30. The van der Waals surface area contributed by atoms with Gasteiger partial charge in [0.25, 0.3) is 11.8 Å². The number of furan rings is 1. The molecule has 0 aliphatic carbocycles. The van der Waals surface area contributed by atoms with Gasteiger partial charge in [-0.2, -0.15) is 0 Å². The van der Waals surface area contributed by atoms with Crippen LogP contribution in [0.1, 0.15) is 35.2 Å². The number of aromatic nitrogens is 2. The van der Waals surface area contributed by atoms with Gasteiger partial charge in [-0.3, -0.25) is 4.79 Å². The number of nitrogens with zero attached hydrogens (tertiary/aromatic N) is 3. The third kappa shape index (κ3) is 4.00. The van der Waals surface area contributed by atoms with Crippen LogP contribution in [0, 0.1) is 6.92 Å². The summed E-state index contributed by atoms with van der Waals surface area (Å²) in [6.45, 7) is 4.61. The quantitative estimate of drug-likeness (QED) is 0.584. The van der Waals surface area contributed by atoms with E-state index in [1.54, 1.807) is 43.4 Å². The maximum absolute atomic E-state index is 13.1. The molecule has 148 valence electrons. The van der Waals surface area contributed by atoms with Gasteiger partial charge < -0.3 is 23.2 Å². The van der Waals surface area contributed by atoms with Gasteiger partial charge in [0.2, 0.25) is 5.89 Å². The van der Waals surface area contributed by atoms with Crippen LogP contribution in [0.5, 0.6) is 11.5 Å². The second kappa shape index (κ2) is 8.60. The Morgan fingerprint density at radius 2 is 1.89 bits per heavy atom. The van der Waals surface area contributed by atoms with Crippen molar-refractivity contribution in [3.63, 3.8) is 0 Å². The molecular formula is C20H23N3O5. The average molecular weight is 385 g/mol. The van der Waals surface area contributed by atoms with Crippen molar-refractivity contribution in [2.75, 3.05) is 20.8 Å². The number of amides is 1. The maximum atomic E-state index is 13.1. The second-order valence-electron chi connectivity index (χ2n) is 6.21. The van der Waals surface area contributed by atoms with E-state index in [2.05, 4.69) is 10.2 Å². The van der Waals surface area contributed by atoms with Crippen molar-refractivity contribution in [1.82, 2.24) is 15.1 Å². The molecule has 3 rings (SSSR count). The van der Waals surface area contributed by atoms with Gasteiger partial charge in [0.1, 0.15) is 11.5 Å². The summed E-state index contributed by atoms with van der Waals surface area (Å²) >= 11 is 0. The third-order valence-corrected chi connectivity index (χ3v) is 4.30. The van der Waals surface area contributed by atoms with Crippen LogP contribution >= 0.6 is 0 Å². The molecule has 2 aromatic heterocycles. The normalized spacial score (nSPS) is 10.7. The topological polar surface area (TPSA) is 90.8 Å². The molecule has 28 heavy (non-hydrogen) atoms. The Morgan fingerprint density at radius 1 is 1.18 bits per heavy atom. The fourth-order valence-electron chi connectivity index (χ4n) is 2.90. The maximum Gasteiger partial charge on any atom is 0.283 e. The molecule has 0 saturated heterocycles. The molecule has 0 atom stereocenters. The number of methoxy groups -OCH3 is 2. The van der Waals surface area contributed by atoms with E-state index in [1.807, 2.05) is 13.8 Å². The molecule has 0 fully saturated rings. The van der Waals surface area contributed by atoms with E-state index in [0.29, 0.717) is 35.3 Å². The molecule has 8 heteroatoms. The van der Waals surface area contributed by atoms with Crippen LogP contribution in [0.2, 0.25) is 0 Å². The van der Waals surface area contributed by atoms with Crippen molar-refractivity contribution in [2.24, 2.45) is 0 Å². The number of hydrogen-bond acceptors (Lipinski definition) is 7. The number of carbonyl (C=O) groups excluding carboxylic acids is 1. The summed E-state index contributed by atoms with van der Waals surface area (Å²) in [4.78, 5) is 14.8. The predicted octanol–water partition coefficient (Wildman–Crippen LogP) is 3.71. The molecular weight excluding hydrogens is 362 g/mol. The van der Waals surface area contributed by atoms with Crippen LogP contribution in [0.4, 0.5) is 0 Å². The molecule has 0 spiro atoms. The molecule has 1 aromatic carbocycles. The van der Waals surface area contributed by atoms with Gasteiger partial charge in [-0.1, -0.05) is 6.92 Å². The first-order valence-corrected chi connectivity index (χ1v) is 8.95. The van der Waals surface area contributed by atoms with E-state index in [4.69, 9.17) is 18.3 Å². The average Bonchev–Trinajstić information content (AvgIpc) is 3.39. The summed E-state index contributed by atoms with van der Waals surface area (Å²) in [6.07, 6.45) is 2.31. The van der Waals surface area contributed by atoms with Crippen molar-refractivity contribution >= 4 is 5.91 Å². The Bertz CT molecular complexity index is 908. The number of ether oxygens (including phenoxy) is 2. The zero-order valence-electron chi connectivity index (χ0n) is 16.4. The SMILES string of the molecule is CCCN(Cc1nnc(-c2ccco2)o1)C(=O)c1cc(OC)c(C)c(OC)c1. The van der Waals surface area contributed by atoms with Crippen molar-refractivity contribution in [1.29, 1.82) is 0 Å². The van der Waals surface area contributed by atoms with Gasteiger partial charge in [0, 0.05) is 17.7 Å².